The Morgan fingerprint density at radius 1 is 0.706 bits per heavy atom. The lowest BCUT2D eigenvalue weighted by Crippen LogP contribution is -1.66. The summed E-state index contributed by atoms with van der Waals surface area (Å²) in [5.41, 5.74) is 0. The third-order valence-corrected chi connectivity index (χ3v) is 0.756. The van der Waals surface area contributed by atoms with Gasteiger partial charge in [0.15, 0.2) is 0 Å². The van der Waals surface area contributed by atoms with Crippen LogP contribution in [0.5, 0.6) is 5.75 Å². The lowest BCUT2D eigenvalue weighted by Gasteiger charge is -1.82. The number of benzene rings is 1. The number of phenolic OH excluding ortho intramolecular Hbond substituents is 1. The Kier molecular flexibility index (Phi) is 9.13. The van der Waals surface area contributed by atoms with Gasteiger partial charge in [-0.3, -0.25) is 0 Å². The standard InChI is InChI=1S/C6H6O.2H3O4P/c7-6-4-2-1-3-5-6;2*1-5(2,3)4/h1-5,7H;2*(H3,1,2,3,4). The number of phosphoric acid groups is 2. The molecule has 0 heterocycles. The SMILES string of the molecule is O=P(O)(O)O.O=P(O)(O)O.Oc1ccccc1. The third-order valence-electron chi connectivity index (χ3n) is 0.756. The number of hydrogen-bond acceptors (Lipinski definition) is 3. The van der Waals surface area contributed by atoms with Gasteiger partial charge in [0.05, 0.1) is 0 Å². The number of para-hydroxylation sites is 1. The maximum atomic E-state index is 8.88. The maximum absolute atomic E-state index is 8.88. The Labute approximate surface area is 96.1 Å². The summed E-state index contributed by atoms with van der Waals surface area (Å²) in [7, 11) is -9.28. The van der Waals surface area contributed by atoms with Gasteiger partial charge in [0.25, 0.3) is 0 Å². The van der Waals surface area contributed by atoms with Crippen molar-refractivity contribution in [2.45, 2.75) is 0 Å². The molecule has 9 nitrogen and oxygen atoms in total. The molecule has 17 heavy (non-hydrogen) atoms. The summed E-state index contributed by atoms with van der Waals surface area (Å²) in [5, 5.41) is 8.63. The third kappa shape index (κ3) is 51.0. The van der Waals surface area contributed by atoms with Crippen molar-refractivity contribution in [1.29, 1.82) is 0 Å². The minimum absolute atomic E-state index is 0.322. The van der Waals surface area contributed by atoms with Crippen LogP contribution in [0, 0.1) is 0 Å². The molecule has 0 aromatic heterocycles. The van der Waals surface area contributed by atoms with Gasteiger partial charge in [0, 0.05) is 0 Å². The first kappa shape index (κ1) is 18.6. The summed E-state index contributed by atoms with van der Waals surface area (Å²) in [6, 6.07) is 8.71. The highest BCUT2D eigenvalue weighted by Crippen LogP contribution is 2.26. The van der Waals surface area contributed by atoms with Gasteiger partial charge in [-0.1, -0.05) is 18.2 Å². The average Bonchev–Trinajstić information content (AvgIpc) is 1.98. The molecule has 0 bridgehead atoms. The molecule has 0 saturated heterocycles. The van der Waals surface area contributed by atoms with Gasteiger partial charge in [0.1, 0.15) is 5.75 Å². The van der Waals surface area contributed by atoms with E-state index in [4.69, 9.17) is 43.6 Å². The van der Waals surface area contributed by atoms with Crippen molar-refractivity contribution in [3.8, 4) is 5.75 Å². The molecule has 0 spiro atoms. The molecule has 0 unspecified atom stereocenters. The Hall–Kier alpha value is -0.760. The smallest absolute Gasteiger partial charge is 0.466 e. The van der Waals surface area contributed by atoms with Crippen LogP contribution in [0.4, 0.5) is 0 Å². The second-order valence-corrected chi connectivity index (χ2v) is 4.42. The molecule has 7 N–H and O–H groups in total. The van der Waals surface area contributed by atoms with Gasteiger partial charge in [-0.25, -0.2) is 9.13 Å². The monoisotopic (exact) mass is 290 g/mol. The molecule has 100 valence electrons. The lowest BCUT2D eigenvalue weighted by atomic mass is 10.3. The fraction of sp³-hybridized carbons (Fsp3) is 0. The van der Waals surface area contributed by atoms with E-state index in [9.17, 15) is 0 Å². The minimum Gasteiger partial charge on any atom is -0.508 e. The van der Waals surface area contributed by atoms with Gasteiger partial charge in [-0.05, 0) is 12.1 Å². The molecule has 0 aliphatic rings. The van der Waals surface area contributed by atoms with Crippen LogP contribution in [0.2, 0.25) is 0 Å². The van der Waals surface area contributed by atoms with E-state index < -0.39 is 15.6 Å². The molecule has 0 radical (unpaired) electrons. The lowest BCUT2D eigenvalue weighted by molar-refractivity contribution is 0.272. The second kappa shape index (κ2) is 8.35. The minimum atomic E-state index is -4.64. The number of rotatable bonds is 0. The largest absolute Gasteiger partial charge is 0.508 e. The topological polar surface area (TPSA) is 176 Å². The van der Waals surface area contributed by atoms with Crippen LogP contribution in [0.1, 0.15) is 0 Å². The van der Waals surface area contributed by atoms with Crippen molar-refractivity contribution in [3.63, 3.8) is 0 Å². The van der Waals surface area contributed by atoms with Gasteiger partial charge in [-0.15, -0.1) is 0 Å². The van der Waals surface area contributed by atoms with Crippen molar-refractivity contribution < 1.29 is 43.6 Å². The molecule has 0 saturated carbocycles. The molecular weight excluding hydrogens is 278 g/mol. The molecule has 1 aromatic carbocycles. The first-order valence-corrected chi connectivity index (χ1v) is 6.83. The fourth-order valence-corrected chi connectivity index (χ4v) is 0.428. The predicted octanol–water partition coefficient (Wildman–Crippen LogP) is -0.465. The summed E-state index contributed by atoms with van der Waals surface area (Å²) < 4.78 is 17.8. The second-order valence-electron chi connectivity index (χ2n) is 2.36. The highest BCUT2D eigenvalue weighted by Gasteiger charge is 2.00. The molecule has 0 fully saturated rings. The van der Waals surface area contributed by atoms with E-state index in [1.54, 1.807) is 24.3 Å². The van der Waals surface area contributed by atoms with Crippen LogP contribution in [0.3, 0.4) is 0 Å². The highest BCUT2D eigenvalue weighted by molar-refractivity contribution is 7.45. The van der Waals surface area contributed by atoms with E-state index in [0.29, 0.717) is 5.75 Å². The fourth-order valence-electron chi connectivity index (χ4n) is 0.428. The Balaban J connectivity index is 0. The molecule has 1 rings (SSSR count). The van der Waals surface area contributed by atoms with E-state index in [1.807, 2.05) is 6.07 Å². The van der Waals surface area contributed by atoms with Crippen molar-refractivity contribution in [2.24, 2.45) is 0 Å². The Morgan fingerprint density at radius 2 is 0.941 bits per heavy atom. The first-order valence-electron chi connectivity index (χ1n) is 3.70. The van der Waals surface area contributed by atoms with Gasteiger partial charge in [-0.2, -0.15) is 0 Å². The molecule has 0 atom stereocenters. The Morgan fingerprint density at radius 3 is 1.06 bits per heavy atom. The first-order chi connectivity index (χ1) is 7.39. The zero-order valence-electron chi connectivity index (χ0n) is 8.23. The van der Waals surface area contributed by atoms with Crippen LogP contribution in [-0.4, -0.2) is 34.5 Å². The van der Waals surface area contributed by atoms with Crippen LogP contribution >= 0.6 is 15.6 Å². The van der Waals surface area contributed by atoms with Crippen molar-refractivity contribution >= 4 is 15.6 Å². The summed E-state index contributed by atoms with van der Waals surface area (Å²) in [6.45, 7) is 0. The van der Waals surface area contributed by atoms with E-state index >= 15 is 0 Å². The molecule has 0 aliphatic carbocycles. The number of aromatic hydroxyl groups is 1. The van der Waals surface area contributed by atoms with E-state index in [0.717, 1.165) is 0 Å². The molecule has 1 aromatic rings. The highest BCUT2D eigenvalue weighted by atomic mass is 31.2. The summed E-state index contributed by atoms with van der Waals surface area (Å²) in [6.07, 6.45) is 0. The van der Waals surface area contributed by atoms with Gasteiger partial charge >= 0.3 is 15.6 Å². The van der Waals surface area contributed by atoms with E-state index in [1.165, 1.54) is 0 Å². The molecule has 11 heteroatoms. The molecular formula is C6H12O9P2. The number of phenols is 1. The van der Waals surface area contributed by atoms with E-state index in [-0.39, 0.29) is 0 Å². The van der Waals surface area contributed by atoms with Crippen molar-refractivity contribution in [1.82, 2.24) is 0 Å². The van der Waals surface area contributed by atoms with Crippen LogP contribution in [0.15, 0.2) is 30.3 Å². The molecule has 0 aliphatic heterocycles. The van der Waals surface area contributed by atoms with Crippen LogP contribution in [0.25, 0.3) is 0 Å². The Bertz CT molecular complexity index is 343. The van der Waals surface area contributed by atoms with Crippen molar-refractivity contribution in [2.75, 3.05) is 0 Å². The average molecular weight is 290 g/mol. The van der Waals surface area contributed by atoms with Gasteiger partial charge in [0.2, 0.25) is 0 Å². The normalized spacial score (nSPS) is 10.5. The number of hydrogen-bond donors (Lipinski definition) is 7. The summed E-state index contributed by atoms with van der Waals surface area (Å²) in [5.74, 6) is 0.322. The van der Waals surface area contributed by atoms with Crippen molar-refractivity contribution in [3.05, 3.63) is 30.3 Å². The zero-order valence-corrected chi connectivity index (χ0v) is 10.0. The van der Waals surface area contributed by atoms with Gasteiger partial charge < -0.3 is 34.5 Å². The van der Waals surface area contributed by atoms with Crippen LogP contribution < -0.4 is 0 Å². The van der Waals surface area contributed by atoms with Crippen LogP contribution in [-0.2, 0) is 9.13 Å². The summed E-state index contributed by atoms with van der Waals surface area (Å²) in [4.78, 5) is 43.1. The molecule has 0 amide bonds. The zero-order chi connectivity index (χ0) is 14.1. The predicted molar refractivity (Wildman–Crippen MR) is 56.6 cm³/mol. The van der Waals surface area contributed by atoms with E-state index in [2.05, 4.69) is 0 Å². The summed E-state index contributed by atoms with van der Waals surface area (Å²) >= 11 is 0. The maximum Gasteiger partial charge on any atom is 0.466 e. The quantitative estimate of drug-likeness (QED) is 0.311.